The van der Waals surface area contributed by atoms with Crippen LogP contribution in [0.15, 0.2) is 48.5 Å². The van der Waals surface area contributed by atoms with Gasteiger partial charge in [0.2, 0.25) is 5.91 Å². The molecule has 4 rings (SSSR count). The molecule has 1 amide bonds. The zero-order chi connectivity index (χ0) is 30.4. The lowest BCUT2D eigenvalue weighted by molar-refractivity contribution is -0.140. The SMILES string of the molecule is CC(=O)Cc1ccc(F)c(CC(=O)c2cc(NC(=O)[C@H]3[C@H](c4ccc(F)c(C(F)(F)F)c4)C3(Cl)Cl)ccc2Cl)c1F. The van der Waals surface area contributed by atoms with Gasteiger partial charge in [-0.15, -0.1) is 23.2 Å². The first kappa shape index (κ1) is 30.9. The van der Waals surface area contributed by atoms with Crippen molar-refractivity contribution in [1.29, 1.82) is 0 Å². The highest BCUT2D eigenvalue weighted by molar-refractivity contribution is 6.53. The lowest BCUT2D eigenvalue weighted by Gasteiger charge is -2.11. The molecule has 0 saturated heterocycles. The van der Waals surface area contributed by atoms with Gasteiger partial charge in [0.15, 0.2) is 5.78 Å². The minimum atomic E-state index is -4.99. The van der Waals surface area contributed by atoms with Gasteiger partial charge in [-0.05, 0) is 54.4 Å². The fourth-order valence-electron chi connectivity index (χ4n) is 4.53. The van der Waals surface area contributed by atoms with Crippen LogP contribution in [-0.2, 0) is 28.6 Å². The smallest absolute Gasteiger partial charge is 0.326 e. The van der Waals surface area contributed by atoms with Crippen LogP contribution in [0.3, 0.4) is 0 Å². The molecule has 1 aliphatic carbocycles. The van der Waals surface area contributed by atoms with E-state index in [0.717, 1.165) is 24.3 Å². The number of anilines is 1. The molecule has 13 heteroatoms. The molecular weight excluding hydrogens is 619 g/mol. The second-order valence-corrected chi connectivity index (χ2v) is 11.4. The minimum absolute atomic E-state index is 0.0129. The van der Waals surface area contributed by atoms with E-state index in [-0.39, 0.29) is 39.6 Å². The summed E-state index contributed by atoms with van der Waals surface area (Å²) < 4.78 is 80.6. The van der Waals surface area contributed by atoms with Gasteiger partial charge in [-0.1, -0.05) is 23.7 Å². The molecule has 41 heavy (non-hydrogen) atoms. The molecule has 4 nitrogen and oxygen atoms in total. The highest BCUT2D eigenvalue weighted by Crippen LogP contribution is 2.65. The number of carbonyl (C=O) groups is 3. The van der Waals surface area contributed by atoms with Crippen LogP contribution in [0, 0.1) is 23.4 Å². The van der Waals surface area contributed by atoms with Crippen molar-refractivity contribution in [2.24, 2.45) is 5.92 Å². The van der Waals surface area contributed by atoms with Gasteiger partial charge in [0, 0.05) is 35.6 Å². The quantitative estimate of drug-likeness (QED) is 0.156. The van der Waals surface area contributed by atoms with Crippen LogP contribution in [0.4, 0.5) is 32.0 Å². The van der Waals surface area contributed by atoms with Gasteiger partial charge < -0.3 is 5.32 Å². The molecule has 1 saturated carbocycles. The summed E-state index contributed by atoms with van der Waals surface area (Å²) in [6.45, 7) is 1.23. The van der Waals surface area contributed by atoms with E-state index in [9.17, 15) is 40.7 Å². The molecule has 0 aromatic heterocycles. The molecule has 3 aromatic carbocycles. The lowest BCUT2D eigenvalue weighted by atomic mass is 9.98. The monoisotopic (exact) mass is 635 g/mol. The van der Waals surface area contributed by atoms with E-state index in [1.165, 1.54) is 19.1 Å². The van der Waals surface area contributed by atoms with E-state index in [1.807, 2.05) is 0 Å². The van der Waals surface area contributed by atoms with Crippen LogP contribution in [0.1, 0.15) is 45.5 Å². The van der Waals surface area contributed by atoms with E-state index in [0.29, 0.717) is 12.1 Å². The van der Waals surface area contributed by atoms with Gasteiger partial charge >= 0.3 is 6.18 Å². The maximum atomic E-state index is 14.8. The van der Waals surface area contributed by atoms with Crippen LogP contribution in [0.2, 0.25) is 5.02 Å². The molecule has 1 N–H and O–H groups in total. The second-order valence-electron chi connectivity index (χ2n) is 9.53. The van der Waals surface area contributed by atoms with Gasteiger partial charge in [-0.3, -0.25) is 14.4 Å². The normalized spacial score (nSPS) is 17.7. The zero-order valence-electron chi connectivity index (χ0n) is 20.8. The van der Waals surface area contributed by atoms with Crippen molar-refractivity contribution in [1.82, 2.24) is 0 Å². The maximum absolute atomic E-state index is 14.8. The average Bonchev–Trinajstić information content (AvgIpc) is 3.45. The van der Waals surface area contributed by atoms with E-state index in [4.69, 9.17) is 34.8 Å². The molecule has 3 aromatic rings. The first-order chi connectivity index (χ1) is 19.0. The number of halogens is 9. The average molecular weight is 637 g/mol. The third-order valence-electron chi connectivity index (χ3n) is 6.57. The molecular formula is C28H18Cl3F6NO3. The van der Waals surface area contributed by atoms with Crippen molar-refractivity contribution in [2.45, 2.75) is 36.2 Å². The fraction of sp³-hybridized carbons (Fsp3) is 0.250. The summed E-state index contributed by atoms with van der Waals surface area (Å²) in [6, 6.07) is 7.95. The number of nitrogens with one attached hydrogen (secondary N) is 1. The Morgan fingerprint density at radius 3 is 2.22 bits per heavy atom. The number of carbonyl (C=O) groups excluding carboxylic acids is 3. The zero-order valence-corrected chi connectivity index (χ0v) is 23.1. The van der Waals surface area contributed by atoms with Gasteiger partial charge in [0.05, 0.1) is 16.5 Å². The maximum Gasteiger partial charge on any atom is 0.419 e. The lowest BCUT2D eigenvalue weighted by Crippen LogP contribution is -2.18. The number of rotatable bonds is 8. The van der Waals surface area contributed by atoms with Crippen molar-refractivity contribution in [3.05, 3.63) is 98.8 Å². The van der Waals surface area contributed by atoms with Crippen molar-refractivity contribution in [3.63, 3.8) is 0 Å². The van der Waals surface area contributed by atoms with Crippen LogP contribution < -0.4 is 5.32 Å². The van der Waals surface area contributed by atoms with Crippen molar-refractivity contribution >= 4 is 58.0 Å². The molecule has 1 fully saturated rings. The second kappa shape index (κ2) is 11.3. The highest BCUT2D eigenvalue weighted by atomic mass is 35.5. The minimum Gasteiger partial charge on any atom is -0.326 e. The summed E-state index contributed by atoms with van der Waals surface area (Å²) in [6.07, 6.45) is -6.03. The Labute approximate surface area is 244 Å². The van der Waals surface area contributed by atoms with Crippen molar-refractivity contribution in [3.8, 4) is 0 Å². The third kappa shape index (κ3) is 6.39. The Kier molecular flexibility index (Phi) is 8.51. The van der Waals surface area contributed by atoms with Crippen molar-refractivity contribution in [2.75, 3.05) is 5.32 Å². The summed E-state index contributed by atoms with van der Waals surface area (Å²) in [4.78, 5) is 37.3. The molecule has 216 valence electrons. The number of hydrogen-bond acceptors (Lipinski definition) is 3. The molecule has 1 aliphatic rings. The Bertz CT molecular complexity index is 1570. The molecule has 0 heterocycles. The van der Waals surface area contributed by atoms with Gasteiger partial charge in [-0.2, -0.15) is 13.2 Å². The molecule has 0 aliphatic heterocycles. The summed E-state index contributed by atoms with van der Waals surface area (Å²) >= 11 is 18.5. The van der Waals surface area contributed by atoms with E-state index < -0.39 is 69.0 Å². The first-order valence-corrected chi connectivity index (χ1v) is 13.0. The topological polar surface area (TPSA) is 63.2 Å². The number of alkyl halides is 5. The summed E-state index contributed by atoms with van der Waals surface area (Å²) in [7, 11) is 0. The van der Waals surface area contributed by atoms with Gasteiger partial charge in [-0.25, -0.2) is 13.2 Å². The van der Waals surface area contributed by atoms with Crippen molar-refractivity contribution < 1.29 is 40.7 Å². The standard InChI is InChI=1S/C28H18Cl3F6NO3/c1-12(39)8-14-3-6-20(32)17(25(14)34)11-22(40)16-10-15(4-5-19(16)29)38-26(41)24-23(27(24,30)31)13-2-7-21(33)18(9-13)28(35,36)37/h2-7,9-10,23-24H,8,11H2,1H3,(H,38,41)/t23-,24+/m0/s1. The molecule has 0 radical (unpaired) electrons. The molecule has 0 bridgehead atoms. The predicted octanol–water partition coefficient (Wildman–Crippen LogP) is 7.86. The van der Waals surface area contributed by atoms with E-state index in [2.05, 4.69) is 5.32 Å². The summed E-state index contributed by atoms with van der Waals surface area (Å²) in [5.41, 5.74) is -2.46. The van der Waals surface area contributed by atoms with Gasteiger partial charge in [0.25, 0.3) is 0 Å². The summed E-state index contributed by atoms with van der Waals surface area (Å²) in [5, 5.41) is 2.36. The molecule has 0 spiro atoms. The van der Waals surface area contributed by atoms with Crippen LogP contribution in [0.25, 0.3) is 0 Å². The highest BCUT2D eigenvalue weighted by Gasteiger charge is 2.67. The molecule has 2 atom stereocenters. The van der Waals surface area contributed by atoms with E-state index >= 15 is 0 Å². The Morgan fingerprint density at radius 1 is 0.927 bits per heavy atom. The first-order valence-electron chi connectivity index (χ1n) is 11.9. The number of hydrogen-bond donors (Lipinski definition) is 1. The third-order valence-corrected chi connectivity index (χ3v) is 7.84. The van der Waals surface area contributed by atoms with Crippen LogP contribution in [-0.4, -0.2) is 21.8 Å². The summed E-state index contributed by atoms with van der Waals surface area (Å²) in [5.74, 6) is -7.86. The number of benzene rings is 3. The Morgan fingerprint density at radius 2 is 1.59 bits per heavy atom. The Balaban J connectivity index is 1.54. The number of ketones is 2. The van der Waals surface area contributed by atoms with E-state index in [1.54, 1.807) is 0 Å². The fourth-order valence-corrected chi connectivity index (χ4v) is 5.58. The Hall–Kier alpha value is -3.08. The number of amides is 1. The van der Waals surface area contributed by atoms with Gasteiger partial charge in [0.1, 0.15) is 27.6 Å². The van der Waals surface area contributed by atoms with Crippen LogP contribution >= 0.6 is 34.8 Å². The number of Topliss-reactive ketones (excluding diaryl/α,β-unsaturated/α-hetero) is 2. The van der Waals surface area contributed by atoms with Crippen LogP contribution in [0.5, 0.6) is 0 Å². The largest absolute Gasteiger partial charge is 0.419 e. The molecule has 0 unspecified atom stereocenters. The predicted molar refractivity (Wildman–Crippen MR) is 141 cm³/mol.